The number of rotatable bonds is 5. The quantitative estimate of drug-likeness (QED) is 0.678. The van der Waals surface area contributed by atoms with Gasteiger partial charge in [0, 0.05) is 11.3 Å². The minimum atomic E-state index is -0.479. The number of hydrogen-bond donors (Lipinski definition) is 1. The van der Waals surface area contributed by atoms with Crippen molar-refractivity contribution in [2.24, 2.45) is 0 Å². The van der Waals surface area contributed by atoms with Crippen molar-refractivity contribution in [3.63, 3.8) is 0 Å². The Morgan fingerprint density at radius 1 is 1.22 bits per heavy atom. The van der Waals surface area contributed by atoms with Gasteiger partial charge in [-0.2, -0.15) is 4.80 Å². The van der Waals surface area contributed by atoms with E-state index in [1.54, 1.807) is 36.4 Å². The third kappa shape index (κ3) is 4.29. The Bertz CT molecular complexity index is 1000. The van der Waals surface area contributed by atoms with Gasteiger partial charge in [-0.15, -0.1) is 10.2 Å². The predicted molar refractivity (Wildman–Crippen MR) is 99.4 cm³/mol. The van der Waals surface area contributed by atoms with E-state index in [0.717, 1.165) is 5.56 Å². The number of amides is 1. The van der Waals surface area contributed by atoms with Crippen LogP contribution in [0.15, 0.2) is 42.5 Å². The number of nitrogens with one attached hydrogen (secondary N) is 1. The minimum Gasteiger partial charge on any atom is -0.465 e. The van der Waals surface area contributed by atoms with Crippen molar-refractivity contribution in [3.05, 3.63) is 58.6 Å². The average molecular weight is 386 g/mol. The molecule has 3 aromatic rings. The maximum atomic E-state index is 12.3. The number of anilines is 1. The number of halogens is 1. The second kappa shape index (κ2) is 7.96. The zero-order valence-corrected chi connectivity index (χ0v) is 15.4. The number of hydrogen-bond acceptors (Lipinski definition) is 6. The molecule has 1 aromatic heterocycles. The number of nitrogens with zero attached hydrogens (tertiary/aromatic N) is 4. The Labute approximate surface area is 160 Å². The second-order valence-corrected chi connectivity index (χ2v) is 6.10. The highest BCUT2D eigenvalue weighted by molar-refractivity contribution is 6.33. The van der Waals surface area contributed by atoms with E-state index >= 15 is 0 Å². The van der Waals surface area contributed by atoms with Gasteiger partial charge >= 0.3 is 5.97 Å². The van der Waals surface area contributed by atoms with E-state index in [4.69, 9.17) is 16.3 Å². The van der Waals surface area contributed by atoms with Crippen LogP contribution >= 0.6 is 11.6 Å². The highest BCUT2D eigenvalue weighted by Crippen LogP contribution is 2.23. The molecule has 27 heavy (non-hydrogen) atoms. The lowest BCUT2D eigenvalue weighted by Crippen LogP contribution is -2.21. The van der Waals surface area contributed by atoms with Crippen LogP contribution in [0.4, 0.5) is 5.69 Å². The average Bonchev–Trinajstić information content (AvgIpc) is 3.11. The van der Waals surface area contributed by atoms with Crippen LogP contribution in [-0.2, 0) is 16.1 Å². The van der Waals surface area contributed by atoms with Crippen LogP contribution in [0.5, 0.6) is 0 Å². The summed E-state index contributed by atoms with van der Waals surface area (Å²) >= 11 is 6.12. The Morgan fingerprint density at radius 2 is 2.00 bits per heavy atom. The number of tetrazole rings is 1. The molecule has 0 aliphatic rings. The van der Waals surface area contributed by atoms with Crippen LogP contribution in [-0.4, -0.2) is 39.2 Å². The minimum absolute atomic E-state index is 0.140. The molecule has 0 unspecified atom stereocenters. The lowest BCUT2D eigenvalue weighted by molar-refractivity contribution is -0.117. The fourth-order valence-corrected chi connectivity index (χ4v) is 2.60. The SMILES string of the molecule is COC(=O)c1ccc(C)c(NC(=O)Cn2nnc(-c3ccccc3Cl)n2)c1. The summed E-state index contributed by atoms with van der Waals surface area (Å²) in [5, 5.41) is 15.2. The van der Waals surface area contributed by atoms with E-state index in [1.165, 1.54) is 11.9 Å². The van der Waals surface area contributed by atoms with Gasteiger partial charge in [-0.1, -0.05) is 29.8 Å². The van der Waals surface area contributed by atoms with Crippen LogP contribution in [0.1, 0.15) is 15.9 Å². The van der Waals surface area contributed by atoms with Crippen LogP contribution < -0.4 is 5.32 Å². The summed E-state index contributed by atoms with van der Waals surface area (Å²) in [6.07, 6.45) is 0. The van der Waals surface area contributed by atoms with Crippen LogP contribution in [0, 0.1) is 6.92 Å². The fraction of sp³-hybridized carbons (Fsp3) is 0.167. The number of aromatic nitrogens is 4. The van der Waals surface area contributed by atoms with Gasteiger partial charge in [0.15, 0.2) is 0 Å². The first-order chi connectivity index (χ1) is 13.0. The standard InChI is InChI=1S/C18H16ClN5O3/c1-11-7-8-12(18(26)27-2)9-15(11)20-16(25)10-24-22-17(21-23-24)13-5-3-4-6-14(13)19/h3-9H,10H2,1-2H3,(H,20,25). The third-order valence-electron chi connectivity index (χ3n) is 3.79. The molecule has 1 N–H and O–H groups in total. The largest absolute Gasteiger partial charge is 0.465 e. The number of aryl methyl sites for hydroxylation is 1. The lowest BCUT2D eigenvalue weighted by Gasteiger charge is -2.09. The summed E-state index contributed by atoms with van der Waals surface area (Å²) in [5.41, 5.74) is 2.29. The normalized spacial score (nSPS) is 10.5. The zero-order valence-electron chi connectivity index (χ0n) is 14.6. The molecule has 138 valence electrons. The number of methoxy groups -OCH3 is 1. The van der Waals surface area contributed by atoms with Gasteiger partial charge < -0.3 is 10.1 Å². The summed E-state index contributed by atoms with van der Waals surface area (Å²) < 4.78 is 4.69. The molecule has 9 heteroatoms. The van der Waals surface area contributed by atoms with E-state index in [1.807, 2.05) is 13.0 Å². The van der Waals surface area contributed by atoms with Gasteiger partial charge in [-0.05, 0) is 42.0 Å². The van der Waals surface area contributed by atoms with E-state index < -0.39 is 5.97 Å². The van der Waals surface area contributed by atoms with Crippen molar-refractivity contribution in [3.8, 4) is 11.4 Å². The van der Waals surface area contributed by atoms with Gasteiger partial charge in [0.2, 0.25) is 11.7 Å². The molecule has 8 nitrogen and oxygen atoms in total. The smallest absolute Gasteiger partial charge is 0.337 e. The van der Waals surface area contributed by atoms with Crippen LogP contribution in [0.2, 0.25) is 5.02 Å². The van der Waals surface area contributed by atoms with Crippen molar-refractivity contribution in [1.82, 2.24) is 20.2 Å². The molecular weight excluding hydrogens is 370 g/mol. The van der Waals surface area contributed by atoms with Crippen LogP contribution in [0.3, 0.4) is 0 Å². The number of esters is 1. The molecule has 0 spiro atoms. The molecule has 1 amide bonds. The molecule has 2 aromatic carbocycles. The summed E-state index contributed by atoms with van der Waals surface area (Å²) in [4.78, 5) is 25.1. The van der Waals surface area contributed by atoms with Crippen LogP contribution in [0.25, 0.3) is 11.4 Å². The van der Waals surface area contributed by atoms with Crippen molar-refractivity contribution in [1.29, 1.82) is 0 Å². The summed E-state index contributed by atoms with van der Waals surface area (Å²) in [7, 11) is 1.30. The second-order valence-electron chi connectivity index (χ2n) is 5.69. The molecule has 0 atom stereocenters. The Kier molecular flexibility index (Phi) is 5.46. The molecule has 0 radical (unpaired) electrons. The van der Waals surface area contributed by atoms with Gasteiger partial charge in [-0.3, -0.25) is 4.79 Å². The van der Waals surface area contributed by atoms with E-state index in [0.29, 0.717) is 27.7 Å². The summed E-state index contributed by atoms with van der Waals surface area (Å²) in [6, 6.07) is 12.0. The number of ether oxygens (including phenoxy) is 1. The molecule has 0 fully saturated rings. The van der Waals surface area contributed by atoms with Crippen molar-refractivity contribution in [2.45, 2.75) is 13.5 Å². The first-order valence-corrected chi connectivity index (χ1v) is 8.37. The monoisotopic (exact) mass is 385 g/mol. The molecule has 0 bridgehead atoms. The number of carbonyl (C=O) groups is 2. The molecule has 0 saturated heterocycles. The van der Waals surface area contributed by atoms with E-state index in [2.05, 4.69) is 20.7 Å². The molecule has 0 aliphatic carbocycles. The molecule has 0 saturated carbocycles. The third-order valence-corrected chi connectivity index (χ3v) is 4.11. The highest BCUT2D eigenvalue weighted by Gasteiger charge is 2.14. The lowest BCUT2D eigenvalue weighted by atomic mass is 10.1. The van der Waals surface area contributed by atoms with Gasteiger partial charge in [-0.25, -0.2) is 4.79 Å². The summed E-state index contributed by atoms with van der Waals surface area (Å²) in [5.74, 6) is -0.506. The van der Waals surface area contributed by atoms with Gasteiger partial charge in [0.1, 0.15) is 6.54 Å². The maximum Gasteiger partial charge on any atom is 0.337 e. The van der Waals surface area contributed by atoms with Gasteiger partial charge in [0.05, 0.1) is 17.7 Å². The fourth-order valence-electron chi connectivity index (χ4n) is 2.38. The van der Waals surface area contributed by atoms with Crippen molar-refractivity contribution < 1.29 is 14.3 Å². The topological polar surface area (TPSA) is 99.0 Å². The summed E-state index contributed by atoms with van der Waals surface area (Å²) in [6.45, 7) is 1.68. The van der Waals surface area contributed by atoms with Crippen molar-refractivity contribution in [2.75, 3.05) is 12.4 Å². The maximum absolute atomic E-state index is 12.3. The number of carbonyl (C=O) groups excluding carboxylic acids is 2. The Hall–Kier alpha value is -3.26. The highest BCUT2D eigenvalue weighted by atomic mass is 35.5. The van der Waals surface area contributed by atoms with Gasteiger partial charge in [0.25, 0.3) is 0 Å². The molecule has 3 rings (SSSR count). The molecule has 0 aliphatic heterocycles. The zero-order chi connectivity index (χ0) is 19.4. The number of benzene rings is 2. The molecular formula is C18H16ClN5O3. The Morgan fingerprint density at radius 3 is 2.74 bits per heavy atom. The Balaban J connectivity index is 1.72. The first-order valence-electron chi connectivity index (χ1n) is 7.99. The molecule has 1 heterocycles. The predicted octanol–water partition coefficient (Wildman–Crippen LogP) is 2.73. The van der Waals surface area contributed by atoms with E-state index in [-0.39, 0.29) is 12.5 Å². The van der Waals surface area contributed by atoms with E-state index in [9.17, 15) is 9.59 Å². The first kappa shape index (κ1) is 18.5. The van der Waals surface area contributed by atoms with Crippen molar-refractivity contribution >= 4 is 29.2 Å².